The van der Waals surface area contributed by atoms with Gasteiger partial charge >= 0.3 is 0 Å². The van der Waals surface area contributed by atoms with E-state index in [9.17, 15) is 0 Å². The maximum atomic E-state index is 5.72. The number of rotatable bonds is 6. The van der Waals surface area contributed by atoms with Crippen molar-refractivity contribution in [2.24, 2.45) is 0 Å². The fourth-order valence-corrected chi connectivity index (χ4v) is 1.51. The van der Waals surface area contributed by atoms with Crippen molar-refractivity contribution in [2.75, 3.05) is 38.6 Å². The summed E-state index contributed by atoms with van der Waals surface area (Å²) in [6.45, 7) is 5.11. The molecule has 0 aromatic carbocycles. The van der Waals surface area contributed by atoms with E-state index in [0.29, 0.717) is 5.15 Å². The van der Waals surface area contributed by atoms with Gasteiger partial charge in [-0.25, -0.2) is 0 Å². The minimum absolute atomic E-state index is 0.438. The summed E-state index contributed by atoms with van der Waals surface area (Å²) in [5.41, 5.74) is 0. The van der Waals surface area contributed by atoms with E-state index >= 15 is 0 Å². The minimum atomic E-state index is 0.438. The summed E-state index contributed by atoms with van der Waals surface area (Å²) in [4.78, 5) is 4.38. The molecule has 5 heteroatoms. The van der Waals surface area contributed by atoms with Crippen molar-refractivity contribution in [3.63, 3.8) is 0 Å². The zero-order chi connectivity index (χ0) is 12.0. The number of hydrogen-bond acceptors (Lipinski definition) is 4. The SMILES string of the molecule is CCCN(CCN(C)C)c1ccc(Cl)nn1. The number of anilines is 1. The molecular weight excluding hydrogens is 224 g/mol. The second-order valence-corrected chi connectivity index (χ2v) is 4.39. The Bertz CT molecular complexity index is 299. The van der Waals surface area contributed by atoms with Gasteiger partial charge in [-0.3, -0.25) is 0 Å². The van der Waals surface area contributed by atoms with Gasteiger partial charge < -0.3 is 9.80 Å². The highest BCUT2D eigenvalue weighted by atomic mass is 35.5. The summed E-state index contributed by atoms with van der Waals surface area (Å²) in [7, 11) is 4.13. The van der Waals surface area contributed by atoms with Crippen LogP contribution in [0.25, 0.3) is 0 Å². The van der Waals surface area contributed by atoms with Crippen molar-refractivity contribution in [2.45, 2.75) is 13.3 Å². The van der Waals surface area contributed by atoms with Crippen LogP contribution in [0.4, 0.5) is 5.82 Å². The summed E-state index contributed by atoms with van der Waals surface area (Å²) in [5.74, 6) is 0.896. The standard InChI is InChI=1S/C11H19ClN4/c1-4-7-16(9-8-15(2)3)11-6-5-10(12)13-14-11/h5-6H,4,7-9H2,1-3H3. The first-order valence-corrected chi connectivity index (χ1v) is 5.90. The van der Waals surface area contributed by atoms with E-state index in [1.54, 1.807) is 6.07 Å². The van der Waals surface area contributed by atoms with Gasteiger partial charge in [-0.1, -0.05) is 18.5 Å². The third kappa shape index (κ3) is 4.33. The van der Waals surface area contributed by atoms with Gasteiger partial charge in [0.15, 0.2) is 11.0 Å². The second-order valence-electron chi connectivity index (χ2n) is 4.00. The van der Waals surface area contributed by atoms with Gasteiger partial charge in [0.2, 0.25) is 0 Å². The predicted molar refractivity (Wildman–Crippen MR) is 68.1 cm³/mol. The topological polar surface area (TPSA) is 32.3 Å². The number of nitrogens with zero attached hydrogens (tertiary/aromatic N) is 4. The predicted octanol–water partition coefficient (Wildman–Crippen LogP) is 1.91. The number of hydrogen-bond donors (Lipinski definition) is 0. The van der Waals surface area contributed by atoms with Gasteiger partial charge in [0, 0.05) is 19.6 Å². The van der Waals surface area contributed by atoms with Crippen LogP contribution in [0.3, 0.4) is 0 Å². The van der Waals surface area contributed by atoms with Gasteiger partial charge in [-0.15, -0.1) is 10.2 Å². The highest BCUT2D eigenvalue weighted by Gasteiger charge is 2.07. The van der Waals surface area contributed by atoms with E-state index in [1.807, 2.05) is 6.07 Å². The largest absolute Gasteiger partial charge is 0.354 e. The van der Waals surface area contributed by atoms with Gasteiger partial charge in [0.1, 0.15) is 0 Å². The van der Waals surface area contributed by atoms with Crippen LogP contribution in [0.1, 0.15) is 13.3 Å². The van der Waals surface area contributed by atoms with E-state index in [4.69, 9.17) is 11.6 Å². The van der Waals surface area contributed by atoms with Crippen LogP contribution in [0, 0.1) is 0 Å². The molecule has 16 heavy (non-hydrogen) atoms. The highest BCUT2D eigenvalue weighted by molar-refractivity contribution is 6.29. The van der Waals surface area contributed by atoms with E-state index in [2.05, 4.69) is 41.0 Å². The van der Waals surface area contributed by atoms with Gasteiger partial charge in [0.25, 0.3) is 0 Å². The first kappa shape index (κ1) is 13.2. The van der Waals surface area contributed by atoms with Crippen LogP contribution in [-0.2, 0) is 0 Å². The molecule has 0 spiro atoms. The maximum Gasteiger partial charge on any atom is 0.151 e. The molecule has 0 saturated heterocycles. The summed E-state index contributed by atoms with van der Waals surface area (Å²) >= 11 is 5.72. The number of likely N-dealkylation sites (N-methyl/N-ethyl adjacent to an activating group) is 1. The van der Waals surface area contributed by atoms with E-state index in [1.165, 1.54) is 0 Å². The number of aromatic nitrogens is 2. The summed E-state index contributed by atoms with van der Waals surface area (Å²) in [5, 5.41) is 8.41. The van der Waals surface area contributed by atoms with Crippen LogP contribution in [-0.4, -0.2) is 48.8 Å². The molecule has 0 amide bonds. The molecule has 0 aliphatic carbocycles. The molecule has 0 aliphatic heterocycles. The Hall–Kier alpha value is -0.870. The van der Waals surface area contributed by atoms with Gasteiger partial charge in [-0.05, 0) is 32.6 Å². The van der Waals surface area contributed by atoms with Crippen molar-refractivity contribution in [1.82, 2.24) is 15.1 Å². The number of halogens is 1. The fraction of sp³-hybridized carbons (Fsp3) is 0.636. The summed E-state index contributed by atoms with van der Waals surface area (Å²) in [6, 6.07) is 3.70. The minimum Gasteiger partial charge on any atom is -0.354 e. The Morgan fingerprint density at radius 2 is 1.88 bits per heavy atom. The maximum absolute atomic E-state index is 5.72. The Morgan fingerprint density at radius 1 is 1.12 bits per heavy atom. The average Bonchev–Trinajstić information content (AvgIpc) is 2.25. The zero-order valence-corrected chi connectivity index (χ0v) is 10.9. The zero-order valence-electron chi connectivity index (χ0n) is 10.1. The molecular formula is C11H19ClN4. The van der Waals surface area contributed by atoms with Crippen molar-refractivity contribution >= 4 is 17.4 Å². The molecule has 1 aromatic heterocycles. The molecule has 0 N–H and O–H groups in total. The van der Waals surface area contributed by atoms with Crippen LogP contribution in [0.5, 0.6) is 0 Å². The molecule has 0 atom stereocenters. The Balaban J connectivity index is 2.64. The van der Waals surface area contributed by atoms with Crippen molar-refractivity contribution < 1.29 is 0 Å². The molecule has 90 valence electrons. The van der Waals surface area contributed by atoms with E-state index in [-0.39, 0.29) is 0 Å². The van der Waals surface area contributed by atoms with Gasteiger partial charge in [0.05, 0.1) is 0 Å². The van der Waals surface area contributed by atoms with Crippen molar-refractivity contribution in [1.29, 1.82) is 0 Å². The molecule has 0 aliphatic rings. The third-order valence-electron chi connectivity index (χ3n) is 2.25. The fourth-order valence-electron chi connectivity index (χ4n) is 1.41. The second kappa shape index (κ2) is 6.66. The van der Waals surface area contributed by atoms with Gasteiger partial charge in [-0.2, -0.15) is 0 Å². The lowest BCUT2D eigenvalue weighted by atomic mass is 10.3. The third-order valence-corrected chi connectivity index (χ3v) is 2.45. The van der Waals surface area contributed by atoms with Crippen LogP contribution >= 0.6 is 11.6 Å². The lowest BCUT2D eigenvalue weighted by Gasteiger charge is -2.24. The van der Waals surface area contributed by atoms with E-state index < -0.39 is 0 Å². The lowest BCUT2D eigenvalue weighted by Crippen LogP contribution is -2.33. The first-order valence-electron chi connectivity index (χ1n) is 5.52. The molecule has 1 heterocycles. The van der Waals surface area contributed by atoms with Crippen molar-refractivity contribution in [3.8, 4) is 0 Å². The summed E-state index contributed by atoms with van der Waals surface area (Å²) in [6.07, 6.45) is 1.09. The molecule has 0 saturated carbocycles. The molecule has 0 radical (unpaired) electrons. The summed E-state index contributed by atoms with van der Waals surface area (Å²) < 4.78 is 0. The van der Waals surface area contributed by atoms with Crippen molar-refractivity contribution in [3.05, 3.63) is 17.3 Å². The van der Waals surface area contributed by atoms with Crippen LogP contribution < -0.4 is 4.90 Å². The monoisotopic (exact) mass is 242 g/mol. The highest BCUT2D eigenvalue weighted by Crippen LogP contribution is 2.11. The molecule has 1 rings (SSSR count). The van der Waals surface area contributed by atoms with Crippen LogP contribution in [0.2, 0.25) is 5.15 Å². The van der Waals surface area contributed by atoms with Crippen LogP contribution in [0.15, 0.2) is 12.1 Å². The molecule has 0 fully saturated rings. The average molecular weight is 243 g/mol. The Kier molecular flexibility index (Phi) is 5.49. The van der Waals surface area contributed by atoms with E-state index in [0.717, 1.165) is 31.9 Å². The quantitative estimate of drug-likeness (QED) is 0.763. The molecule has 0 unspecified atom stereocenters. The molecule has 0 bridgehead atoms. The lowest BCUT2D eigenvalue weighted by molar-refractivity contribution is 0.412. The Morgan fingerprint density at radius 3 is 2.38 bits per heavy atom. The molecule has 1 aromatic rings. The normalized spacial score (nSPS) is 10.8. The Labute approximate surface area is 102 Å². The molecule has 4 nitrogen and oxygen atoms in total. The smallest absolute Gasteiger partial charge is 0.151 e. The first-order chi connectivity index (χ1) is 7.63.